The van der Waals surface area contributed by atoms with E-state index in [1.807, 2.05) is 56.3 Å². The van der Waals surface area contributed by atoms with E-state index in [9.17, 15) is 9.59 Å². The Balaban J connectivity index is 1.82. The molecule has 5 nitrogen and oxygen atoms in total. The summed E-state index contributed by atoms with van der Waals surface area (Å²) in [5.41, 5.74) is 1.70. The van der Waals surface area contributed by atoms with Crippen LogP contribution < -0.4 is 10.1 Å². The van der Waals surface area contributed by atoms with Crippen LogP contribution in [0.3, 0.4) is 0 Å². The molecule has 1 heterocycles. The molecule has 1 N–H and O–H groups in total. The minimum Gasteiger partial charge on any atom is -0.491 e. The lowest BCUT2D eigenvalue weighted by Gasteiger charge is -2.29. The monoisotopic (exact) mass is 440 g/mol. The predicted octanol–water partition coefficient (Wildman–Crippen LogP) is 4.84. The van der Waals surface area contributed by atoms with E-state index in [1.54, 1.807) is 17.0 Å². The Kier molecular flexibility index (Phi) is 8.13. The average Bonchev–Trinajstić information content (AvgIpc) is 2.96. The van der Waals surface area contributed by atoms with Crippen LogP contribution >= 0.6 is 11.6 Å². The van der Waals surface area contributed by atoms with Crippen LogP contribution in [0.2, 0.25) is 5.02 Å². The number of halogens is 1. The van der Waals surface area contributed by atoms with Gasteiger partial charge in [0.15, 0.2) is 0 Å². The van der Waals surface area contributed by atoms with Crippen molar-refractivity contribution in [2.45, 2.75) is 51.8 Å². The maximum absolute atomic E-state index is 13.2. The predicted molar refractivity (Wildman–Crippen MR) is 124 cm³/mol. The van der Waals surface area contributed by atoms with Crippen LogP contribution in [0.1, 0.15) is 44.2 Å². The van der Waals surface area contributed by atoms with Gasteiger partial charge in [-0.2, -0.15) is 0 Å². The molecule has 0 saturated carbocycles. The third kappa shape index (κ3) is 6.59. The Bertz CT molecular complexity index is 925. The molecule has 1 atom stereocenters. The summed E-state index contributed by atoms with van der Waals surface area (Å²) in [7, 11) is 0. The van der Waals surface area contributed by atoms with Crippen molar-refractivity contribution in [2.75, 3.05) is 6.54 Å². The van der Waals surface area contributed by atoms with Crippen molar-refractivity contribution in [1.82, 2.24) is 10.2 Å². The molecule has 6 heteroatoms. The third-order valence-corrected chi connectivity index (χ3v) is 5.47. The van der Waals surface area contributed by atoms with Gasteiger partial charge in [0.2, 0.25) is 11.8 Å². The molecule has 0 aromatic heterocycles. The second-order valence-electron chi connectivity index (χ2n) is 7.93. The van der Waals surface area contributed by atoms with E-state index >= 15 is 0 Å². The number of benzene rings is 2. The van der Waals surface area contributed by atoms with E-state index in [-0.39, 0.29) is 17.9 Å². The van der Waals surface area contributed by atoms with Gasteiger partial charge < -0.3 is 15.0 Å². The summed E-state index contributed by atoms with van der Waals surface area (Å²) in [5, 5.41) is 3.51. The third-order valence-electron chi connectivity index (χ3n) is 5.12. The fourth-order valence-electron chi connectivity index (χ4n) is 3.57. The van der Waals surface area contributed by atoms with Crippen molar-refractivity contribution in [1.29, 1.82) is 0 Å². The van der Waals surface area contributed by atoms with Gasteiger partial charge in [-0.25, -0.2) is 0 Å². The molecular weight excluding hydrogens is 412 g/mol. The maximum Gasteiger partial charge on any atom is 0.247 e. The molecule has 1 aliphatic rings. The van der Waals surface area contributed by atoms with Crippen LogP contribution in [0, 0.1) is 0 Å². The zero-order valence-corrected chi connectivity index (χ0v) is 18.8. The Hall–Kier alpha value is -2.79. The first kappa shape index (κ1) is 22.9. The molecule has 0 radical (unpaired) electrons. The van der Waals surface area contributed by atoms with Gasteiger partial charge in [-0.3, -0.25) is 9.59 Å². The summed E-state index contributed by atoms with van der Waals surface area (Å²) in [4.78, 5) is 27.5. The van der Waals surface area contributed by atoms with E-state index < -0.39 is 6.04 Å². The Morgan fingerprint density at radius 3 is 2.65 bits per heavy atom. The van der Waals surface area contributed by atoms with Crippen LogP contribution in [0.5, 0.6) is 5.75 Å². The lowest BCUT2D eigenvalue weighted by molar-refractivity contribution is -0.137. The normalized spacial score (nSPS) is 16.8. The fourth-order valence-corrected chi connectivity index (χ4v) is 3.77. The molecule has 0 aliphatic carbocycles. The fraction of sp³-hybridized carbons (Fsp3) is 0.360. The number of ether oxygens (including phenoxy) is 1. The van der Waals surface area contributed by atoms with Crippen molar-refractivity contribution >= 4 is 29.5 Å². The zero-order valence-electron chi connectivity index (χ0n) is 18.0. The molecule has 0 unspecified atom stereocenters. The molecular formula is C25H29ClN2O3. The molecule has 31 heavy (non-hydrogen) atoms. The van der Waals surface area contributed by atoms with Crippen LogP contribution in [0.15, 0.2) is 54.6 Å². The van der Waals surface area contributed by atoms with Gasteiger partial charge in [0.25, 0.3) is 0 Å². The minimum absolute atomic E-state index is 0.0913. The molecule has 164 valence electrons. The molecule has 1 fully saturated rings. The standard InChI is InChI=1S/C25H29ClN2O3/c1-18(2)31-21-13-10-19(11-14-21)17-28(23-9-5-6-16-27-25(23)30)24(29)15-12-20-7-3-4-8-22(20)26/h3-4,7-8,10-15,18,23H,5-6,9,16-17H2,1-2H3,(H,27,30)/b15-12+/t23-/m0/s1. The Labute approximate surface area is 189 Å². The topological polar surface area (TPSA) is 58.6 Å². The quantitative estimate of drug-likeness (QED) is 0.627. The van der Waals surface area contributed by atoms with Crippen LogP contribution in [-0.2, 0) is 16.1 Å². The van der Waals surface area contributed by atoms with Crippen molar-refractivity contribution in [3.8, 4) is 5.75 Å². The highest BCUT2D eigenvalue weighted by atomic mass is 35.5. The largest absolute Gasteiger partial charge is 0.491 e. The highest BCUT2D eigenvalue weighted by molar-refractivity contribution is 6.32. The van der Waals surface area contributed by atoms with Crippen LogP contribution in [-0.4, -0.2) is 35.4 Å². The van der Waals surface area contributed by atoms with Gasteiger partial charge in [-0.15, -0.1) is 0 Å². The lowest BCUT2D eigenvalue weighted by Crippen LogP contribution is -2.47. The highest BCUT2D eigenvalue weighted by Gasteiger charge is 2.29. The second-order valence-corrected chi connectivity index (χ2v) is 8.34. The number of rotatable bonds is 7. The first-order valence-electron chi connectivity index (χ1n) is 10.7. The molecule has 3 rings (SSSR count). The summed E-state index contributed by atoms with van der Waals surface area (Å²) in [5.74, 6) is 0.462. The summed E-state index contributed by atoms with van der Waals surface area (Å²) < 4.78 is 5.70. The summed E-state index contributed by atoms with van der Waals surface area (Å²) in [6.07, 6.45) is 5.74. The number of hydrogen-bond acceptors (Lipinski definition) is 3. The van der Waals surface area contributed by atoms with E-state index in [0.717, 1.165) is 29.7 Å². The van der Waals surface area contributed by atoms with Gasteiger partial charge in [-0.1, -0.05) is 41.9 Å². The van der Waals surface area contributed by atoms with E-state index in [0.29, 0.717) is 24.5 Å². The van der Waals surface area contributed by atoms with Crippen molar-refractivity contribution in [2.24, 2.45) is 0 Å². The molecule has 1 saturated heterocycles. The first-order chi connectivity index (χ1) is 14.9. The number of carbonyl (C=O) groups excluding carboxylic acids is 2. The van der Waals surface area contributed by atoms with Crippen molar-refractivity contribution < 1.29 is 14.3 Å². The molecule has 1 aliphatic heterocycles. The van der Waals surface area contributed by atoms with Crippen molar-refractivity contribution in [3.05, 3.63) is 70.8 Å². The first-order valence-corrected chi connectivity index (χ1v) is 11.1. The van der Waals surface area contributed by atoms with E-state index in [2.05, 4.69) is 5.32 Å². The maximum atomic E-state index is 13.2. The molecule has 0 spiro atoms. The highest BCUT2D eigenvalue weighted by Crippen LogP contribution is 2.21. The average molecular weight is 441 g/mol. The second kappa shape index (κ2) is 11.0. The van der Waals surface area contributed by atoms with Gasteiger partial charge in [0.05, 0.1) is 6.10 Å². The van der Waals surface area contributed by atoms with Crippen molar-refractivity contribution in [3.63, 3.8) is 0 Å². The SMILES string of the molecule is CC(C)Oc1ccc(CN(C(=O)/C=C/c2ccccc2Cl)[C@H]2CCCCNC2=O)cc1. The Morgan fingerprint density at radius 2 is 1.94 bits per heavy atom. The summed E-state index contributed by atoms with van der Waals surface area (Å²) >= 11 is 6.21. The summed E-state index contributed by atoms with van der Waals surface area (Å²) in [6, 6.07) is 14.5. The molecule has 0 bridgehead atoms. The van der Waals surface area contributed by atoms with Crippen LogP contribution in [0.4, 0.5) is 0 Å². The van der Waals surface area contributed by atoms with E-state index in [4.69, 9.17) is 16.3 Å². The van der Waals surface area contributed by atoms with Gasteiger partial charge in [-0.05, 0) is 68.5 Å². The number of hydrogen-bond donors (Lipinski definition) is 1. The summed E-state index contributed by atoms with van der Waals surface area (Å²) in [6.45, 7) is 4.94. The molecule has 2 amide bonds. The minimum atomic E-state index is -0.502. The van der Waals surface area contributed by atoms with Crippen LogP contribution in [0.25, 0.3) is 6.08 Å². The number of nitrogens with zero attached hydrogens (tertiary/aromatic N) is 1. The number of carbonyl (C=O) groups is 2. The van der Waals surface area contributed by atoms with Gasteiger partial charge >= 0.3 is 0 Å². The van der Waals surface area contributed by atoms with Gasteiger partial charge in [0.1, 0.15) is 11.8 Å². The molecule has 2 aromatic carbocycles. The zero-order chi connectivity index (χ0) is 22.2. The molecule has 2 aromatic rings. The number of nitrogens with one attached hydrogen (secondary N) is 1. The smallest absolute Gasteiger partial charge is 0.247 e. The van der Waals surface area contributed by atoms with E-state index in [1.165, 1.54) is 6.08 Å². The number of amides is 2. The van der Waals surface area contributed by atoms with Gasteiger partial charge in [0, 0.05) is 24.2 Å². The Morgan fingerprint density at radius 1 is 1.19 bits per heavy atom. The lowest BCUT2D eigenvalue weighted by atomic mass is 10.1.